The van der Waals surface area contributed by atoms with Crippen LogP contribution in [0.25, 0.3) is 11.2 Å². The summed E-state index contributed by atoms with van der Waals surface area (Å²) in [5.74, 6) is 0. The van der Waals surface area contributed by atoms with E-state index in [0.717, 1.165) is 0 Å². The molecule has 0 aromatic carbocycles. The van der Waals surface area contributed by atoms with E-state index in [0.29, 0.717) is 11.2 Å². The van der Waals surface area contributed by atoms with Gasteiger partial charge in [-0.25, -0.2) is 9.97 Å². The number of nitrogens with one attached hydrogen (secondary N) is 2. The van der Waals surface area contributed by atoms with E-state index in [1.807, 2.05) is 0 Å². The number of hydrogen-bond acceptors (Lipinski definition) is 7. The second kappa shape index (κ2) is 8.71. The first-order valence-corrected chi connectivity index (χ1v) is 4.97. The first-order valence-electron chi connectivity index (χ1n) is 3.49. The van der Waals surface area contributed by atoms with E-state index in [1.165, 1.54) is 12.7 Å². The Morgan fingerprint density at radius 2 is 1.44 bits per heavy atom. The van der Waals surface area contributed by atoms with Gasteiger partial charge in [-0.1, -0.05) is 8.42 Å². The summed E-state index contributed by atoms with van der Waals surface area (Å²) in [6, 6.07) is 0. The molecule has 2 rings (SSSR count). The molecule has 8 N–H and O–H groups in total. The van der Waals surface area contributed by atoms with E-state index in [1.54, 1.807) is 0 Å². The molecule has 2 aromatic heterocycles. The molecule has 0 amide bonds. The Balaban J connectivity index is -0.000000252. The maximum Gasteiger partial charge on any atom is 2.00 e. The number of aromatic amines is 2. The maximum absolute atomic E-state index is 10.9. The summed E-state index contributed by atoms with van der Waals surface area (Å²) in [4.78, 5) is 23.6. The second-order valence-electron chi connectivity index (χ2n) is 2.34. The van der Waals surface area contributed by atoms with Gasteiger partial charge in [0.25, 0.3) is 5.56 Å². The van der Waals surface area contributed by atoms with E-state index in [9.17, 15) is 4.79 Å². The van der Waals surface area contributed by atoms with Gasteiger partial charge in [0.15, 0.2) is 11.2 Å². The van der Waals surface area contributed by atoms with Crippen LogP contribution in [0.3, 0.4) is 0 Å². The fourth-order valence-electron chi connectivity index (χ4n) is 0.776. The molecule has 1 radical (unpaired) electrons. The van der Waals surface area contributed by atoms with Crippen LogP contribution in [0.4, 0.5) is 0 Å². The van der Waals surface area contributed by atoms with Gasteiger partial charge in [0, 0.05) is 0 Å². The van der Waals surface area contributed by atoms with Crippen molar-refractivity contribution in [2.75, 3.05) is 0 Å². The Hall–Kier alpha value is -1.34. The number of imidazole rings is 1. The van der Waals surface area contributed by atoms with Crippen LogP contribution < -0.4 is 5.56 Å². The minimum Gasteiger partial charge on any atom is -0.870 e. The molecule has 0 spiro atoms. The second-order valence-corrected chi connectivity index (χ2v) is 3.34. The van der Waals surface area contributed by atoms with Gasteiger partial charge >= 0.3 is 27.5 Å². The van der Waals surface area contributed by atoms with Gasteiger partial charge < -0.3 is 20.9 Å². The molecule has 2 aromatic rings. The van der Waals surface area contributed by atoms with Crippen molar-refractivity contribution in [3.05, 3.63) is 23.0 Å². The Morgan fingerprint density at radius 3 is 1.83 bits per heavy atom. The van der Waals surface area contributed by atoms with Crippen LogP contribution in [0.2, 0.25) is 0 Å². The summed E-state index contributed by atoms with van der Waals surface area (Å²) in [6.45, 7) is 0. The maximum atomic E-state index is 10.9. The van der Waals surface area contributed by atoms with Gasteiger partial charge in [0.05, 0.1) is 12.7 Å². The number of fused-ring (bicyclic) bond motifs is 1. The van der Waals surface area contributed by atoms with Gasteiger partial charge in [0.2, 0.25) is 0 Å². The summed E-state index contributed by atoms with van der Waals surface area (Å²) in [7, 11) is -4.17. The normalized spacial score (nSPS) is 9.00. The van der Waals surface area contributed by atoms with Crippen LogP contribution in [0.1, 0.15) is 0 Å². The Labute approximate surface area is 110 Å². The first-order chi connectivity index (χ1) is 6.88. The van der Waals surface area contributed by atoms with Gasteiger partial charge in [-0.15, -0.1) is 0 Å². The minimum absolute atomic E-state index is 0. The van der Waals surface area contributed by atoms with Crippen LogP contribution >= 0.6 is 0 Å². The summed E-state index contributed by atoms with van der Waals surface area (Å²) < 4.78 is 29.1. The van der Waals surface area contributed by atoms with Crippen LogP contribution in [0.15, 0.2) is 17.4 Å². The van der Waals surface area contributed by atoms with E-state index >= 15 is 0 Å². The monoisotopic (exact) mass is 333 g/mol. The molecule has 18 heavy (non-hydrogen) atoms. The predicted molar refractivity (Wildman–Crippen MR) is 54.5 cm³/mol. The quantitative estimate of drug-likeness (QED) is 0.375. The summed E-state index contributed by atoms with van der Waals surface area (Å²) >= 11 is 0. The topological polar surface area (TPSA) is 214 Å². The number of aromatic nitrogens is 4. The Bertz CT molecular complexity index is 599. The van der Waals surface area contributed by atoms with E-state index in [4.69, 9.17) is 17.5 Å². The summed E-state index contributed by atoms with van der Waals surface area (Å²) in [5.41, 5.74) is 0.675. The fraction of sp³-hybridized carbons (Fsp3) is 0. The van der Waals surface area contributed by atoms with E-state index in [-0.39, 0.29) is 33.6 Å². The van der Waals surface area contributed by atoms with E-state index < -0.39 is 10.4 Å². The number of nitrogens with zero attached hydrogens (tertiary/aromatic N) is 2. The van der Waals surface area contributed by atoms with Crippen LogP contribution in [0, 0.1) is 0 Å². The molecule has 0 bridgehead atoms. The van der Waals surface area contributed by atoms with Crippen molar-refractivity contribution < 1.29 is 45.5 Å². The zero-order valence-electron chi connectivity index (χ0n) is 8.38. The number of H-pyrrole nitrogens is 2. The average molecular weight is 334 g/mol. The molecule has 2 heterocycles. The van der Waals surface area contributed by atoms with Crippen molar-refractivity contribution in [1.29, 1.82) is 0 Å². The van der Waals surface area contributed by atoms with Crippen molar-refractivity contribution >= 4 is 21.6 Å². The molecular formula is C5H10CuN4O7S+2. The Morgan fingerprint density at radius 1 is 1.06 bits per heavy atom. The number of rotatable bonds is 0. The smallest absolute Gasteiger partial charge is 0.870 e. The SMILES string of the molecule is O=S(=O)([OH2+])[OH2+].O=c1[nH]cnc2nc[nH]c12.[Cu+2].[OH-].[OH-]. The number of hydrogen-bond donors (Lipinski definition) is 2. The zero-order chi connectivity index (χ0) is 11.5. The predicted octanol–water partition coefficient (Wildman–Crippen LogP) is -3.03. The molecule has 11 nitrogen and oxygen atoms in total. The van der Waals surface area contributed by atoms with Crippen molar-refractivity contribution in [1.82, 2.24) is 19.9 Å². The molecule has 0 unspecified atom stereocenters. The molecular weight excluding hydrogens is 324 g/mol. The van der Waals surface area contributed by atoms with Crippen molar-refractivity contribution in [3.63, 3.8) is 0 Å². The molecule has 0 aliphatic rings. The van der Waals surface area contributed by atoms with Gasteiger partial charge in [-0.05, 0) is 0 Å². The van der Waals surface area contributed by atoms with Crippen molar-refractivity contribution in [2.24, 2.45) is 0 Å². The summed E-state index contributed by atoms with van der Waals surface area (Å²) in [6.07, 6.45) is 2.76. The molecule has 0 atom stereocenters. The van der Waals surface area contributed by atoms with Crippen molar-refractivity contribution in [3.8, 4) is 0 Å². The van der Waals surface area contributed by atoms with Crippen LogP contribution in [0.5, 0.6) is 0 Å². The minimum atomic E-state index is -4.17. The third kappa shape index (κ3) is 7.86. The van der Waals surface area contributed by atoms with E-state index in [2.05, 4.69) is 19.9 Å². The molecule has 0 aliphatic carbocycles. The first kappa shape index (κ1) is 21.9. The standard InChI is InChI=1S/C5H4N4O.Cu.H2O4S.2H2O/c10-5-3-4(7-1-6-3)8-2-9-5;;1-5(2,3)4;;/h1-2H,(H2,6,7,8,9,10);;(H2,1,2,3,4);2*1H2/q;+2;;;. The van der Waals surface area contributed by atoms with Gasteiger partial charge in [-0.3, -0.25) is 13.9 Å². The average Bonchev–Trinajstić information content (AvgIpc) is 2.49. The summed E-state index contributed by atoms with van der Waals surface area (Å²) in [5, 5.41) is 0. The van der Waals surface area contributed by atoms with Crippen molar-refractivity contribution in [2.45, 2.75) is 0 Å². The molecule has 0 fully saturated rings. The van der Waals surface area contributed by atoms with Gasteiger partial charge in [-0.2, -0.15) is 0 Å². The Kier molecular flexibility index (Phi) is 10.6. The molecule has 0 aliphatic heterocycles. The molecule has 0 saturated carbocycles. The van der Waals surface area contributed by atoms with Crippen LogP contribution in [-0.2, 0) is 27.5 Å². The zero-order valence-corrected chi connectivity index (χ0v) is 10.1. The molecule has 0 saturated heterocycles. The fourth-order valence-corrected chi connectivity index (χ4v) is 0.776. The largest absolute Gasteiger partial charge is 2.00 e. The molecule has 107 valence electrons. The molecule has 13 heteroatoms. The third-order valence-corrected chi connectivity index (χ3v) is 1.23. The van der Waals surface area contributed by atoms with Gasteiger partial charge in [0.1, 0.15) is 0 Å². The third-order valence-electron chi connectivity index (χ3n) is 1.23. The van der Waals surface area contributed by atoms with Crippen LogP contribution in [-0.4, -0.2) is 48.4 Å².